The Kier molecular flexibility index (Phi) is 6.42. The monoisotopic (exact) mass is 431 g/mol. The van der Waals surface area contributed by atoms with E-state index in [1.807, 2.05) is 6.21 Å². The summed E-state index contributed by atoms with van der Waals surface area (Å²) in [5.41, 5.74) is 1.11. The van der Waals surface area contributed by atoms with E-state index in [4.69, 9.17) is 9.73 Å². The number of pyridine rings is 1. The number of sulfone groups is 1. The van der Waals surface area contributed by atoms with Crippen molar-refractivity contribution in [1.29, 1.82) is 0 Å². The van der Waals surface area contributed by atoms with Crippen LogP contribution < -0.4 is 5.32 Å². The average molecular weight is 432 g/mol. The van der Waals surface area contributed by atoms with Gasteiger partial charge in [0.25, 0.3) is 0 Å². The summed E-state index contributed by atoms with van der Waals surface area (Å²) in [7, 11) is -3.24. The van der Waals surface area contributed by atoms with Crippen molar-refractivity contribution >= 4 is 16.1 Å². The van der Waals surface area contributed by atoms with Crippen LogP contribution in [0, 0.1) is 5.41 Å². The molecular formula is C23H33N3O3S. The molecule has 1 saturated carbocycles. The molecule has 2 atom stereocenters. The summed E-state index contributed by atoms with van der Waals surface area (Å²) in [6.45, 7) is 2.31. The largest absolute Gasteiger partial charge is 0.375 e. The minimum Gasteiger partial charge on any atom is -0.375 e. The van der Waals surface area contributed by atoms with Crippen LogP contribution >= 0.6 is 0 Å². The molecule has 3 heterocycles. The van der Waals surface area contributed by atoms with Gasteiger partial charge in [0.2, 0.25) is 0 Å². The zero-order valence-corrected chi connectivity index (χ0v) is 18.7. The zero-order chi connectivity index (χ0) is 21.1. The van der Waals surface area contributed by atoms with Gasteiger partial charge >= 0.3 is 0 Å². The highest BCUT2D eigenvalue weighted by Crippen LogP contribution is 2.51. The molecule has 1 spiro atoms. The van der Waals surface area contributed by atoms with E-state index >= 15 is 0 Å². The first-order chi connectivity index (χ1) is 14.4. The first-order valence-corrected chi connectivity index (χ1v) is 13.0. The first kappa shape index (κ1) is 21.7. The molecule has 1 unspecified atom stereocenters. The fraction of sp³-hybridized carbons (Fsp3) is 0.652. The van der Waals surface area contributed by atoms with Gasteiger partial charge in [-0.3, -0.25) is 9.98 Å². The molecule has 1 N–H and O–H groups in total. The topological polar surface area (TPSA) is 80.7 Å². The van der Waals surface area contributed by atoms with E-state index in [1.165, 1.54) is 38.1 Å². The molecule has 2 fully saturated rings. The number of hydrogen-bond acceptors (Lipinski definition) is 6. The van der Waals surface area contributed by atoms with Crippen molar-refractivity contribution < 1.29 is 13.2 Å². The van der Waals surface area contributed by atoms with Crippen LogP contribution in [0.25, 0.3) is 0 Å². The molecule has 30 heavy (non-hydrogen) atoms. The molecule has 0 amide bonds. The summed E-state index contributed by atoms with van der Waals surface area (Å²) >= 11 is 0. The lowest BCUT2D eigenvalue weighted by molar-refractivity contribution is -0.130. The predicted octanol–water partition coefficient (Wildman–Crippen LogP) is 3.47. The van der Waals surface area contributed by atoms with Gasteiger partial charge in [0, 0.05) is 38.0 Å². The van der Waals surface area contributed by atoms with E-state index in [0.29, 0.717) is 12.6 Å². The van der Waals surface area contributed by atoms with Gasteiger partial charge in [-0.05, 0) is 68.2 Å². The molecule has 0 radical (unpaired) electrons. The Morgan fingerprint density at radius 3 is 2.80 bits per heavy atom. The fourth-order valence-electron chi connectivity index (χ4n) is 5.48. The SMILES string of the molecule is CS(=O)(=O)c1cncc(CNCC[C@@]2(C3CC=CC=N3)CCOC3(CCCC3)C2)c1. The highest BCUT2D eigenvalue weighted by Gasteiger charge is 2.50. The van der Waals surface area contributed by atoms with Crippen LogP contribution in [-0.4, -0.2) is 50.7 Å². The number of aromatic nitrogens is 1. The molecule has 6 nitrogen and oxygen atoms in total. The van der Waals surface area contributed by atoms with Crippen molar-refractivity contribution in [3.8, 4) is 0 Å². The van der Waals surface area contributed by atoms with Crippen molar-refractivity contribution in [1.82, 2.24) is 10.3 Å². The number of nitrogens with zero attached hydrogens (tertiary/aromatic N) is 2. The van der Waals surface area contributed by atoms with Crippen molar-refractivity contribution in [2.45, 2.75) is 74.4 Å². The predicted molar refractivity (Wildman–Crippen MR) is 119 cm³/mol. The van der Waals surface area contributed by atoms with E-state index in [0.717, 1.165) is 44.4 Å². The smallest absolute Gasteiger partial charge is 0.177 e. The van der Waals surface area contributed by atoms with Crippen molar-refractivity contribution in [2.24, 2.45) is 10.4 Å². The number of rotatable bonds is 7. The van der Waals surface area contributed by atoms with E-state index in [-0.39, 0.29) is 15.9 Å². The Hall–Kier alpha value is -1.57. The number of dihydropyridines is 1. The molecule has 7 heteroatoms. The molecule has 1 saturated heterocycles. The van der Waals surface area contributed by atoms with E-state index in [2.05, 4.69) is 22.5 Å². The highest BCUT2D eigenvalue weighted by molar-refractivity contribution is 7.90. The van der Waals surface area contributed by atoms with Crippen LogP contribution in [-0.2, 0) is 21.1 Å². The molecule has 4 rings (SSSR count). The Balaban J connectivity index is 1.42. The standard InChI is InChI=1S/C23H33N3O3S/c1-30(27,28)20-14-19(16-25-17-20)15-24-12-9-22(21-6-2-5-11-26-21)10-13-29-23(18-22)7-3-4-8-23/h2,5,11,14,16-17,21,24H,3-4,6-10,12-13,15,18H2,1H3/t21?,22-/m1/s1. The number of aliphatic imine (C=N–C) groups is 1. The molecule has 3 aliphatic rings. The molecule has 1 aromatic rings. The lowest BCUT2D eigenvalue weighted by Crippen LogP contribution is -2.49. The summed E-state index contributed by atoms with van der Waals surface area (Å²) < 4.78 is 29.9. The van der Waals surface area contributed by atoms with Crippen LogP contribution in [0.15, 0.2) is 40.5 Å². The summed E-state index contributed by atoms with van der Waals surface area (Å²) in [6, 6.07) is 2.03. The second kappa shape index (κ2) is 8.89. The number of ether oxygens (including phenoxy) is 1. The van der Waals surface area contributed by atoms with Gasteiger partial charge in [-0.1, -0.05) is 18.9 Å². The Labute approximate surface area is 180 Å². The van der Waals surface area contributed by atoms with Crippen LogP contribution in [0.2, 0.25) is 0 Å². The van der Waals surface area contributed by atoms with Crippen molar-refractivity contribution in [3.63, 3.8) is 0 Å². The lowest BCUT2D eigenvalue weighted by Gasteiger charge is -2.49. The maximum Gasteiger partial charge on any atom is 0.177 e. The molecule has 0 aromatic carbocycles. The van der Waals surface area contributed by atoms with E-state index < -0.39 is 9.84 Å². The van der Waals surface area contributed by atoms with Crippen LogP contribution in [0.3, 0.4) is 0 Å². The van der Waals surface area contributed by atoms with E-state index in [9.17, 15) is 8.42 Å². The fourth-order valence-corrected chi connectivity index (χ4v) is 6.10. The molecule has 2 aliphatic heterocycles. The second-order valence-electron chi connectivity index (χ2n) is 9.23. The summed E-state index contributed by atoms with van der Waals surface area (Å²) in [5, 5.41) is 3.52. The Morgan fingerprint density at radius 1 is 1.23 bits per heavy atom. The third-order valence-electron chi connectivity index (χ3n) is 7.08. The molecule has 164 valence electrons. The van der Waals surface area contributed by atoms with Gasteiger partial charge in [0.1, 0.15) is 0 Å². The summed E-state index contributed by atoms with van der Waals surface area (Å²) in [6.07, 6.45) is 19.7. The first-order valence-electron chi connectivity index (χ1n) is 11.1. The average Bonchev–Trinajstić information content (AvgIpc) is 3.19. The van der Waals surface area contributed by atoms with E-state index in [1.54, 1.807) is 12.3 Å². The van der Waals surface area contributed by atoms with Crippen molar-refractivity contribution in [3.05, 3.63) is 36.2 Å². The third-order valence-corrected chi connectivity index (χ3v) is 8.16. The van der Waals surface area contributed by atoms with Crippen LogP contribution in [0.1, 0.15) is 56.9 Å². The van der Waals surface area contributed by atoms with Gasteiger partial charge in [0.15, 0.2) is 9.84 Å². The summed E-state index contributed by atoms with van der Waals surface area (Å²) in [4.78, 5) is 9.25. The summed E-state index contributed by atoms with van der Waals surface area (Å²) in [5.74, 6) is 0. The maximum atomic E-state index is 11.8. The third kappa shape index (κ3) is 4.84. The van der Waals surface area contributed by atoms with Gasteiger partial charge in [-0.25, -0.2) is 8.42 Å². The van der Waals surface area contributed by atoms with Crippen molar-refractivity contribution in [2.75, 3.05) is 19.4 Å². The second-order valence-corrected chi connectivity index (χ2v) is 11.2. The minimum absolute atomic E-state index is 0.0582. The van der Waals surface area contributed by atoms with Gasteiger partial charge in [-0.15, -0.1) is 0 Å². The number of nitrogens with one attached hydrogen (secondary N) is 1. The molecular weight excluding hydrogens is 398 g/mol. The van der Waals surface area contributed by atoms with Gasteiger partial charge < -0.3 is 10.1 Å². The number of allylic oxidation sites excluding steroid dienone is 1. The van der Waals surface area contributed by atoms with Gasteiger partial charge in [0.05, 0.1) is 16.5 Å². The van der Waals surface area contributed by atoms with Crippen LogP contribution in [0.4, 0.5) is 0 Å². The Bertz CT molecular complexity index is 906. The lowest BCUT2D eigenvalue weighted by atomic mass is 9.65. The minimum atomic E-state index is -3.24. The van der Waals surface area contributed by atoms with Gasteiger partial charge in [-0.2, -0.15) is 0 Å². The normalized spacial score (nSPS) is 28.2. The quantitative estimate of drug-likeness (QED) is 0.669. The molecule has 0 bridgehead atoms. The van der Waals surface area contributed by atoms with Crippen LogP contribution in [0.5, 0.6) is 0 Å². The molecule has 1 aromatic heterocycles. The number of hydrogen-bond donors (Lipinski definition) is 1. The highest BCUT2D eigenvalue weighted by atomic mass is 32.2. The zero-order valence-electron chi connectivity index (χ0n) is 17.8. The maximum absolute atomic E-state index is 11.8. The Morgan fingerprint density at radius 2 is 2.07 bits per heavy atom. The molecule has 1 aliphatic carbocycles.